The van der Waals surface area contributed by atoms with Crippen molar-refractivity contribution in [3.8, 4) is 0 Å². The fraction of sp³-hybridized carbons (Fsp3) is 0.333. The van der Waals surface area contributed by atoms with Gasteiger partial charge in [-0.05, 0) is 49.2 Å². The van der Waals surface area contributed by atoms with Gasteiger partial charge < -0.3 is 10.2 Å². The molecule has 27 heavy (non-hydrogen) atoms. The molecule has 0 saturated carbocycles. The number of rotatable bonds is 6. The van der Waals surface area contributed by atoms with Crippen LogP contribution in [0, 0.1) is 11.7 Å². The zero-order valence-corrected chi connectivity index (χ0v) is 15.9. The molecule has 4 nitrogen and oxygen atoms in total. The molecule has 2 aromatic rings. The largest absolute Gasteiger partial charge is 0.343 e. The van der Waals surface area contributed by atoms with E-state index in [1.54, 1.807) is 23.9 Å². The third kappa shape index (κ3) is 5.82. The highest BCUT2D eigenvalue weighted by Crippen LogP contribution is 2.22. The minimum Gasteiger partial charge on any atom is -0.343 e. The van der Waals surface area contributed by atoms with Crippen molar-refractivity contribution in [3.05, 3.63) is 60.4 Å². The zero-order chi connectivity index (χ0) is 19.1. The van der Waals surface area contributed by atoms with E-state index in [0.717, 1.165) is 10.6 Å². The minimum absolute atomic E-state index is 0.0279. The lowest BCUT2D eigenvalue weighted by Gasteiger charge is -2.31. The van der Waals surface area contributed by atoms with E-state index in [9.17, 15) is 14.0 Å². The lowest BCUT2D eigenvalue weighted by atomic mass is 9.95. The van der Waals surface area contributed by atoms with Crippen LogP contribution in [0.2, 0.25) is 0 Å². The molecule has 0 bridgehead atoms. The fourth-order valence-corrected chi connectivity index (χ4v) is 3.94. The van der Waals surface area contributed by atoms with Crippen molar-refractivity contribution < 1.29 is 14.0 Å². The second-order valence-electron chi connectivity index (χ2n) is 6.56. The van der Waals surface area contributed by atoms with Gasteiger partial charge in [0, 0.05) is 41.8 Å². The minimum atomic E-state index is -0.255. The van der Waals surface area contributed by atoms with E-state index < -0.39 is 0 Å². The molecule has 0 unspecified atom stereocenters. The highest BCUT2D eigenvalue weighted by molar-refractivity contribution is 7.99. The molecule has 0 aromatic heterocycles. The Morgan fingerprint density at radius 3 is 2.37 bits per heavy atom. The fourth-order valence-electron chi connectivity index (χ4n) is 3.10. The summed E-state index contributed by atoms with van der Waals surface area (Å²) in [5.74, 6) is 0.503. The summed E-state index contributed by atoms with van der Waals surface area (Å²) in [7, 11) is 0. The third-order valence-electron chi connectivity index (χ3n) is 4.66. The number of carbonyl (C=O) groups excluding carboxylic acids is 2. The predicted octanol–water partition coefficient (Wildman–Crippen LogP) is 4.19. The number of hydrogen-bond acceptors (Lipinski definition) is 3. The van der Waals surface area contributed by atoms with Crippen LogP contribution in [0.4, 0.5) is 10.1 Å². The van der Waals surface area contributed by atoms with Crippen LogP contribution in [0.5, 0.6) is 0 Å². The summed E-state index contributed by atoms with van der Waals surface area (Å²) in [6, 6.07) is 15.7. The van der Waals surface area contributed by atoms with E-state index in [1.165, 1.54) is 12.1 Å². The van der Waals surface area contributed by atoms with Gasteiger partial charge in [-0.3, -0.25) is 9.59 Å². The van der Waals surface area contributed by atoms with Crippen LogP contribution in [0.15, 0.2) is 59.5 Å². The predicted molar refractivity (Wildman–Crippen MR) is 106 cm³/mol. The van der Waals surface area contributed by atoms with E-state index in [4.69, 9.17) is 0 Å². The maximum Gasteiger partial charge on any atom is 0.227 e. The van der Waals surface area contributed by atoms with Crippen LogP contribution in [0.3, 0.4) is 0 Å². The summed E-state index contributed by atoms with van der Waals surface area (Å²) < 4.78 is 12.9. The summed E-state index contributed by atoms with van der Waals surface area (Å²) in [6.45, 7) is 1.24. The normalized spacial score (nSPS) is 14.8. The number of hydrogen-bond donors (Lipinski definition) is 1. The Morgan fingerprint density at radius 2 is 1.70 bits per heavy atom. The highest BCUT2D eigenvalue weighted by atomic mass is 32.2. The number of likely N-dealkylation sites (tertiary alicyclic amines) is 1. The van der Waals surface area contributed by atoms with Gasteiger partial charge in [0.05, 0.1) is 0 Å². The molecule has 1 aliphatic rings. The number of nitrogens with zero attached hydrogens (tertiary/aromatic N) is 1. The molecule has 1 N–H and O–H groups in total. The van der Waals surface area contributed by atoms with Crippen LogP contribution in [-0.4, -0.2) is 35.6 Å². The molecule has 3 rings (SSSR count). The summed E-state index contributed by atoms with van der Waals surface area (Å²) in [4.78, 5) is 27.5. The summed E-state index contributed by atoms with van der Waals surface area (Å²) in [5, 5.41) is 2.94. The smallest absolute Gasteiger partial charge is 0.227 e. The number of nitrogens with one attached hydrogen (secondary N) is 1. The molecule has 0 atom stereocenters. The van der Waals surface area contributed by atoms with E-state index in [0.29, 0.717) is 38.1 Å². The number of benzene rings is 2. The molecule has 1 aliphatic heterocycles. The molecule has 6 heteroatoms. The van der Waals surface area contributed by atoms with E-state index in [1.807, 2.05) is 35.2 Å². The van der Waals surface area contributed by atoms with Crippen molar-refractivity contribution >= 4 is 29.3 Å². The quantitative estimate of drug-likeness (QED) is 0.758. The Balaban J connectivity index is 1.38. The molecule has 0 radical (unpaired) electrons. The molecule has 0 spiro atoms. The molecular weight excluding hydrogens is 363 g/mol. The van der Waals surface area contributed by atoms with Gasteiger partial charge >= 0.3 is 0 Å². The van der Waals surface area contributed by atoms with Crippen molar-refractivity contribution in [1.82, 2.24) is 4.90 Å². The lowest BCUT2D eigenvalue weighted by Crippen LogP contribution is -2.41. The SMILES string of the molecule is O=C(Nc1ccccc1)C1CCN(C(=O)CCSc2ccc(F)cc2)CC1. The average molecular weight is 386 g/mol. The summed E-state index contributed by atoms with van der Waals surface area (Å²) in [6.07, 6.45) is 1.83. The molecule has 0 aliphatic carbocycles. The number of piperidine rings is 1. The van der Waals surface area contributed by atoms with Crippen LogP contribution in [0.25, 0.3) is 0 Å². The second kappa shape index (κ2) is 9.55. The summed E-state index contributed by atoms with van der Waals surface area (Å²) >= 11 is 1.55. The van der Waals surface area contributed by atoms with Crippen molar-refractivity contribution in [2.24, 2.45) is 5.92 Å². The van der Waals surface area contributed by atoms with E-state index in [2.05, 4.69) is 5.32 Å². The number of carbonyl (C=O) groups is 2. The summed E-state index contributed by atoms with van der Waals surface area (Å²) in [5.41, 5.74) is 0.804. The first-order valence-electron chi connectivity index (χ1n) is 9.14. The van der Waals surface area contributed by atoms with Gasteiger partial charge in [0.1, 0.15) is 5.82 Å². The maximum atomic E-state index is 12.9. The highest BCUT2D eigenvalue weighted by Gasteiger charge is 2.27. The molecule has 1 fully saturated rings. The van der Waals surface area contributed by atoms with Crippen LogP contribution in [-0.2, 0) is 9.59 Å². The maximum absolute atomic E-state index is 12.9. The lowest BCUT2D eigenvalue weighted by molar-refractivity contribution is -0.134. The third-order valence-corrected chi connectivity index (χ3v) is 5.67. The van der Waals surface area contributed by atoms with Gasteiger partial charge in [0.2, 0.25) is 11.8 Å². The molecule has 2 aromatic carbocycles. The van der Waals surface area contributed by atoms with Crippen molar-refractivity contribution in [2.75, 3.05) is 24.2 Å². The van der Waals surface area contributed by atoms with Crippen LogP contribution in [0.1, 0.15) is 19.3 Å². The Kier molecular flexibility index (Phi) is 6.87. The second-order valence-corrected chi connectivity index (χ2v) is 7.73. The number of amides is 2. The van der Waals surface area contributed by atoms with Crippen molar-refractivity contribution in [2.45, 2.75) is 24.2 Å². The van der Waals surface area contributed by atoms with Crippen molar-refractivity contribution in [1.29, 1.82) is 0 Å². The molecule has 1 heterocycles. The van der Waals surface area contributed by atoms with Crippen LogP contribution < -0.4 is 5.32 Å². The number of para-hydroxylation sites is 1. The monoisotopic (exact) mass is 386 g/mol. The van der Waals surface area contributed by atoms with E-state index in [-0.39, 0.29) is 23.5 Å². The molecular formula is C21H23FN2O2S. The number of halogens is 1. The number of thioether (sulfide) groups is 1. The Bertz CT molecular complexity index is 760. The van der Waals surface area contributed by atoms with Crippen LogP contribution >= 0.6 is 11.8 Å². The molecule has 1 saturated heterocycles. The average Bonchev–Trinajstić information content (AvgIpc) is 2.70. The van der Waals surface area contributed by atoms with Gasteiger partial charge in [-0.15, -0.1) is 11.8 Å². The van der Waals surface area contributed by atoms with Gasteiger partial charge in [-0.2, -0.15) is 0 Å². The first-order valence-corrected chi connectivity index (χ1v) is 10.1. The Labute approximate surface area is 163 Å². The first kappa shape index (κ1) is 19.4. The van der Waals surface area contributed by atoms with E-state index >= 15 is 0 Å². The zero-order valence-electron chi connectivity index (χ0n) is 15.1. The Hall–Kier alpha value is -2.34. The number of anilines is 1. The first-order chi connectivity index (χ1) is 13.1. The molecule has 2 amide bonds. The van der Waals surface area contributed by atoms with Gasteiger partial charge in [0.25, 0.3) is 0 Å². The van der Waals surface area contributed by atoms with Gasteiger partial charge in [-0.25, -0.2) is 4.39 Å². The van der Waals surface area contributed by atoms with Crippen molar-refractivity contribution in [3.63, 3.8) is 0 Å². The van der Waals surface area contributed by atoms with Gasteiger partial charge in [0.15, 0.2) is 0 Å². The Morgan fingerprint density at radius 1 is 1.04 bits per heavy atom. The van der Waals surface area contributed by atoms with Gasteiger partial charge in [-0.1, -0.05) is 18.2 Å². The standard InChI is InChI=1S/C21H23FN2O2S/c22-17-6-8-19(9-7-17)27-15-12-20(25)24-13-10-16(11-14-24)21(26)23-18-4-2-1-3-5-18/h1-9,16H,10-15H2,(H,23,26). The molecule has 142 valence electrons. The topological polar surface area (TPSA) is 49.4 Å².